The van der Waals surface area contributed by atoms with Crippen LogP contribution < -0.4 is 0 Å². The molecule has 1 aromatic heterocycles. The minimum absolute atomic E-state index is 0.0960. The van der Waals surface area contributed by atoms with E-state index in [9.17, 15) is 18.0 Å². The molecule has 0 N–H and O–H groups in total. The minimum atomic E-state index is -4.50. The molecule has 0 aliphatic carbocycles. The summed E-state index contributed by atoms with van der Waals surface area (Å²) in [4.78, 5) is 15.4. The molecule has 0 spiro atoms. The van der Waals surface area contributed by atoms with Gasteiger partial charge < -0.3 is 4.74 Å². The number of para-hydroxylation sites is 1. The van der Waals surface area contributed by atoms with Crippen molar-refractivity contribution in [1.82, 2.24) is 4.98 Å². The lowest BCUT2D eigenvalue weighted by Crippen LogP contribution is -2.09. The van der Waals surface area contributed by atoms with E-state index in [1.807, 2.05) is 0 Å². The number of ether oxygens (including phenoxy) is 1. The van der Waals surface area contributed by atoms with Crippen molar-refractivity contribution in [2.45, 2.75) is 13.1 Å². The summed E-state index contributed by atoms with van der Waals surface area (Å²) in [6.07, 6.45) is -3.42. The van der Waals surface area contributed by atoms with E-state index in [4.69, 9.17) is 4.74 Å². The van der Waals surface area contributed by atoms with Crippen LogP contribution in [0.2, 0.25) is 0 Å². The molecule has 0 amide bonds. The first-order chi connectivity index (χ1) is 9.36. The van der Waals surface area contributed by atoms with E-state index in [0.29, 0.717) is 0 Å². The van der Waals surface area contributed by atoms with Crippen LogP contribution in [0.4, 0.5) is 13.2 Å². The van der Waals surface area contributed by atoms with Gasteiger partial charge in [0.15, 0.2) is 0 Å². The Balaban J connectivity index is 2.67. The zero-order valence-corrected chi connectivity index (χ0v) is 11.9. The quantitative estimate of drug-likeness (QED) is 0.764. The number of fused-ring (bicyclic) bond motifs is 1. The van der Waals surface area contributed by atoms with Crippen LogP contribution in [-0.2, 0) is 10.9 Å². The van der Waals surface area contributed by atoms with Crippen molar-refractivity contribution in [2.75, 3.05) is 6.61 Å². The average molecular weight is 348 g/mol. The van der Waals surface area contributed by atoms with E-state index in [1.165, 1.54) is 12.1 Å². The van der Waals surface area contributed by atoms with Crippen molar-refractivity contribution in [3.8, 4) is 0 Å². The Bertz CT molecular complexity index is 670. The Morgan fingerprint density at radius 2 is 2.10 bits per heavy atom. The van der Waals surface area contributed by atoms with Crippen molar-refractivity contribution >= 4 is 32.8 Å². The lowest BCUT2D eigenvalue weighted by molar-refractivity contribution is -0.136. The molecule has 0 bridgehead atoms. The van der Waals surface area contributed by atoms with Crippen LogP contribution in [0.5, 0.6) is 0 Å². The molecule has 2 aromatic rings. The fraction of sp³-hybridized carbons (Fsp3) is 0.231. The molecule has 0 saturated carbocycles. The second kappa shape index (κ2) is 5.40. The van der Waals surface area contributed by atoms with Crippen LogP contribution in [-0.4, -0.2) is 17.6 Å². The summed E-state index contributed by atoms with van der Waals surface area (Å²) >= 11 is 3.15. The number of nitrogens with zero attached hydrogens (tertiary/aromatic N) is 1. The maximum Gasteiger partial charge on any atom is 0.418 e. The molecule has 0 atom stereocenters. The summed E-state index contributed by atoms with van der Waals surface area (Å²) in [5.74, 6) is -0.633. The summed E-state index contributed by atoms with van der Waals surface area (Å²) in [5.41, 5.74) is -0.954. The van der Waals surface area contributed by atoms with Gasteiger partial charge in [-0.25, -0.2) is 4.79 Å². The fourth-order valence-electron chi connectivity index (χ4n) is 1.77. The number of hydrogen-bond acceptors (Lipinski definition) is 3. The van der Waals surface area contributed by atoms with Crippen LogP contribution in [0.1, 0.15) is 22.8 Å². The molecule has 0 aliphatic rings. The van der Waals surface area contributed by atoms with Crippen molar-refractivity contribution < 1.29 is 22.7 Å². The molecular weight excluding hydrogens is 339 g/mol. The third-order valence-corrected chi connectivity index (χ3v) is 3.49. The van der Waals surface area contributed by atoms with Crippen LogP contribution >= 0.6 is 15.9 Å². The lowest BCUT2D eigenvalue weighted by atomic mass is 10.1. The first-order valence-electron chi connectivity index (χ1n) is 5.67. The van der Waals surface area contributed by atoms with Gasteiger partial charge in [0.25, 0.3) is 0 Å². The van der Waals surface area contributed by atoms with Crippen LogP contribution in [0.15, 0.2) is 28.9 Å². The zero-order chi connectivity index (χ0) is 14.9. The molecule has 0 fully saturated rings. The van der Waals surface area contributed by atoms with Gasteiger partial charge in [-0.05, 0) is 28.9 Å². The molecule has 1 aromatic carbocycles. The molecular formula is C13H9BrF3NO2. The molecule has 0 radical (unpaired) electrons. The van der Waals surface area contributed by atoms with Gasteiger partial charge in [-0.2, -0.15) is 13.2 Å². The van der Waals surface area contributed by atoms with Gasteiger partial charge in [-0.15, -0.1) is 0 Å². The second-order valence-corrected chi connectivity index (χ2v) is 4.70. The fourth-order valence-corrected chi connectivity index (χ4v) is 2.35. The highest BCUT2D eigenvalue weighted by Gasteiger charge is 2.33. The molecule has 0 saturated heterocycles. The van der Waals surface area contributed by atoms with E-state index in [-0.39, 0.29) is 27.5 Å². The highest BCUT2D eigenvalue weighted by Crippen LogP contribution is 2.36. The number of esters is 1. The highest BCUT2D eigenvalue weighted by atomic mass is 79.9. The average Bonchev–Trinajstić information content (AvgIpc) is 2.37. The standard InChI is InChI=1S/C13H9BrF3NO2/c1-2-20-12(19)8-6-18-11-7(10(8)14)4-3-5-9(11)13(15,16)17/h3-6H,2H2,1H3. The summed E-state index contributed by atoms with van der Waals surface area (Å²) in [7, 11) is 0. The predicted octanol–water partition coefficient (Wildman–Crippen LogP) is 4.19. The number of rotatable bonds is 2. The normalized spacial score (nSPS) is 11.7. The number of alkyl halides is 3. The van der Waals surface area contributed by atoms with Gasteiger partial charge in [-0.1, -0.05) is 12.1 Å². The van der Waals surface area contributed by atoms with Crippen LogP contribution in [0, 0.1) is 0 Å². The molecule has 0 unspecified atom stereocenters. The molecule has 7 heteroatoms. The maximum atomic E-state index is 12.9. The largest absolute Gasteiger partial charge is 0.462 e. The van der Waals surface area contributed by atoms with Gasteiger partial charge in [0, 0.05) is 16.1 Å². The number of carbonyl (C=O) groups excluding carboxylic acids is 1. The first-order valence-corrected chi connectivity index (χ1v) is 6.47. The molecule has 106 valence electrons. The summed E-state index contributed by atoms with van der Waals surface area (Å²) in [6.45, 7) is 1.81. The van der Waals surface area contributed by atoms with E-state index >= 15 is 0 Å². The Morgan fingerprint density at radius 1 is 1.40 bits per heavy atom. The van der Waals surface area contributed by atoms with Gasteiger partial charge in [0.05, 0.1) is 23.3 Å². The summed E-state index contributed by atoms with van der Waals surface area (Å²) < 4.78 is 43.7. The van der Waals surface area contributed by atoms with Gasteiger partial charge in [-0.3, -0.25) is 4.98 Å². The third-order valence-electron chi connectivity index (χ3n) is 2.63. The van der Waals surface area contributed by atoms with Crippen LogP contribution in [0.3, 0.4) is 0 Å². The number of halogens is 4. The van der Waals surface area contributed by atoms with E-state index < -0.39 is 17.7 Å². The van der Waals surface area contributed by atoms with E-state index in [2.05, 4.69) is 20.9 Å². The van der Waals surface area contributed by atoms with Crippen molar-refractivity contribution in [2.24, 2.45) is 0 Å². The number of benzene rings is 1. The van der Waals surface area contributed by atoms with Crippen molar-refractivity contribution in [1.29, 1.82) is 0 Å². The maximum absolute atomic E-state index is 12.9. The molecule has 2 rings (SSSR count). The topological polar surface area (TPSA) is 39.2 Å². The Labute approximate surface area is 120 Å². The summed E-state index contributed by atoms with van der Waals surface area (Å²) in [6, 6.07) is 3.68. The van der Waals surface area contributed by atoms with E-state index in [0.717, 1.165) is 12.3 Å². The van der Waals surface area contributed by atoms with Gasteiger partial charge in [0.1, 0.15) is 0 Å². The highest BCUT2D eigenvalue weighted by molar-refractivity contribution is 9.10. The van der Waals surface area contributed by atoms with Gasteiger partial charge >= 0.3 is 12.1 Å². The van der Waals surface area contributed by atoms with Crippen molar-refractivity contribution in [3.63, 3.8) is 0 Å². The smallest absolute Gasteiger partial charge is 0.418 e. The van der Waals surface area contributed by atoms with E-state index in [1.54, 1.807) is 6.92 Å². The molecule has 0 aliphatic heterocycles. The number of aromatic nitrogens is 1. The third kappa shape index (κ3) is 2.63. The number of hydrogen-bond donors (Lipinski definition) is 0. The Morgan fingerprint density at radius 3 is 2.70 bits per heavy atom. The molecule has 20 heavy (non-hydrogen) atoms. The predicted molar refractivity (Wildman–Crippen MR) is 70.4 cm³/mol. The number of carbonyl (C=O) groups is 1. The Kier molecular flexibility index (Phi) is 3.99. The second-order valence-electron chi connectivity index (χ2n) is 3.91. The Hall–Kier alpha value is -1.63. The monoisotopic (exact) mass is 347 g/mol. The summed E-state index contributed by atoms with van der Waals surface area (Å²) in [5, 5.41) is 0.213. The zero-order valence-electron chi connectivity index (χ0n) is 10.3. The first kappa shape index (κ1) is 14.8. The van der Waals surface area contributed by atoms with Crippen LogP contribution in [0.25, 0.3) is 10.9 Å². The lowest BCUT2D eigenvalue weighted by Gasteiger charge is -2.12. The van der Waals surface area contributed by atoms with Gasteiger partial charge in [0.2, 0.25) is 0 Å². The minimum Gasteiger partial charge on any atom is -0.462 e. The number of pyridine rings is 1. The molecule has 3 nitrogen and oxygen atoms in total. The SMILES string of the molecule is CCOC(=O)c1cnc2c(C(F)(F)F)cccc2c1Br. The van der Waals surface area contributed by atoms with Crippen molar-refractivity contribution in [3.05, 3.63) is 40.0 Å². The molecule has 1 heterocycles.